The largest absolute Gasteiger partial charge is 0.493 e. The predicted octanol–water partition coefficient (Wildman–Crippen LogP) is 4.60. The molecule has 1 aromatic rings. The number of benzene rings is 1. The van der Waals surface area contributed by atoms with Crippen LogP contribution in [0.25, 0.3) is 0 Å². The molecule has 0 aliphatic rings. The topological polar surface area (TPSA) is 9.23 Å². The van der Waals surface area contributed by atoms with Crippen molar-refractivity contribution in [3.8, 4) is 5.75 Å². The molecule has 0 atom stereocenters. The molecule has 0 aromatic heterocycles. The van der Waals surface area contributed by atoms with Crippen LogP contribution in [0.4, 0.5) is 0 Å². The van der Waals surface area contributed by atoms with Gasteiger partial charge in [-0.1, -0.05) is 57.7 Å². The molecule has 0 aliphatic heterocycles. The fraction of sp³-hybridized carbons (Fsp3) is 0.600. The van der Waals surface area contributed by atoms with Crippen LogP contribution in [0.2, 0.25) is 0 Å². The Bertz CT molecular complexity index is 281. The first-order valence-electron chi connectivity index (χ1n) is 6.59. The SMILES string of the molecule is CCCCCCCOc1ccccc1CC. The lowest BCUT2D eigenvalue weighted by Gasteiger charge is -2.09. The smallest absolute Gasteiger partial charge is 0.122 e. The minimum Gasteiger partial charge on any atom is -0.493 e. The molecule has 1 nitrogen and oxygen atoms in total. The van der Waals surface area contributed by atoms with E-state index in [9.17, 15) is 0 Å². The Labute approximate surface area is 99.8 Å². The zero-order chi connectivity index (χ0) is 11.6. The standard InChI is InChI=1S/C15H24O/c1-3-5-6-7-10-13-16-15-12-9-8-11-14(15)4-2/h8-9,11-12H,3-7,10,13H2,1-2H3. The first kappa shape index (κ1) is 13.1. The van der Waals surface area contributed by atoms with E-state index in [-0.39, 0.29) is 0 Å². The van der Waals surface area contributed by atoms with Crippen LogP contribution in [0.3, 0.4) is 0 Å². The summed E-state index contributed by atoms with van der Waals surface area (Å²) in [6.45, 7) is 5.28. The molecule has 0 fully saturated rings. The lowest BCUT2D eigenvalue weighted by Crippen LogP contribution is -1.99. The maximum Gasteiger partial charge on any atom is 0.122 e. The van der Waals surface area contributed by atoms with Gasteiger partial charge in [0, 0.05) is 0 Å². The molecule has 0 spiro atoms. The monoisotopic (exact) mass is 220 g/mol. The van der Waals surface area contributed by atoms with Gasteiger partial charge < -0.3 is 4.74 Å². The third-order valence-electron chi connectivity index (χ3n) is 2.86. The van der Waals surface area contributed by atoms with Crippen LogP contribution in [0.15, 0.2) is 24.3 Å². The molecule has 90 valence electrons. The Morgan fingerprint density at radius 3 is 2.44 bits per heavy atom. The molecule has 0 bridgehead atoms. The molecule has 0 unspecified atom stereocenters. The number of para-hydroxylation sites is 1. The van der Waals surface area contributed by atoms with Gasteiger partial charge in [-0.25, -0.2) is 0 Å². The van der Waals surface area contributed by atoms with Crippen molar-refractivity contribution in [3.63, 3.8) is 0 Å². The van der Waals surface area contributed by atoms with E-state index in [0.717, 1.165) is 18.8 Å². The molecule has 1 rings (SSSR count). The van der Waals surface area contributed by atoms with E-state index < -0.39 is 0 Å². The quantitative estimate of drug-likeness (QED) is 0.582. The zero-order valence-electron chi connectivity index (χ0n) is 10.7. The highest BCUT2D eigenvalue weighted by atomic mass is 16.5. The highest BCUT2D eigenvalue weighted by Crippen LogP contribution is 2.18. The molecule has 0 saturated heterocycles. The van der Waals surface area contributed by atoms with E-state index in [2.05, 4.69) is 32.0 Å². The third-order valence-corrected chi connectivity index (χ3v) is 2.86. The summed E-state index contributed by atoms with van der Waals surface area (Å²) in [4.78, 5) is 0. The van der Waals surface area contributed by atoms with Crippen LogP contribution in [0.1, 0.15) is 51.5 Å². The zero-order valence-corrected chi connectivity index (χ0v) is 10.7. The molecule has 0 heterocycles. The van der Waals surface area contributed by atoms with E-state index in [1.54, 1.807) is 0 Å². The van der Waals surface area contributed by atoms with Crippen molar-refractivity contribution in [2.24, 2.45) is 0 Å². The van der Waals surface area contributed by atoms with Crippen LogP contribution in [-0.2, 0) is 6.42 Å². The van der Waals surface area contributed by atoms with Crippen molar-refractivity contribution in [3.05, 3.63) is 29.8 Å². The van der Waals surface area contributed by atoms with Gasteiger partial charge >= 0.3 is 0 Å². The molecular formula is C15H24O. The highest BCUT2D eigenvalue weighted by Gasteiger charge is 1.99. The summed E-state index contributed by atoms with van der Waals surface area (Å²) < 4.78 is 5.81. The molecule has 1 heteroatoms. The summed E-state index contributed by atoms with van der Waals surface area (Å²) in [6.07, 6.45) is 7.52. The van der Waals surface area contributed by atoms with Gasteiger partial charge in [-0.05, 0) is 24.5 Å². The minimum atomic E-state index is 0.862. The van der Waals surface area contributed by atoms with Gasteiger partial charge in [-0.3, -0.25) is 0 Å². The van der Waals surface area contributed by atoms with Gasteiger partial charge in [0.05, 0.1) is 6.61 Å². The van der Waals surface area contributed by atoms with Crippen molar-refractivity contribution < 1.29 is 4.74 Å². The van der Waals surface area contributed by atoms with E-state index in [1.165, 1.54) is 37.7 Å². The summed E-state index contributed by atoms with van der Waals surface area (Å²) in [6, 6.07) is 8.34. The van der Waals surface area contributed by atoms with Crippen LogP contribution in [0.5, 0.6) is 5.75 Å². The number of ether oxygens (including phenoxy) is 1. The summed E-state index contributed by atoms with van der Waals surface area (Å²) in [7, 11) is 0. The van der Waals surface area contributed by atoms with Crippen LogP contribution >= 0.6 is 0 Å². The van der Waals surface area contributed by atoms with Gasteiger partial charge in [0.25, 0.3) is 0 Å². The maximum absolute atomic E-state index is 5.81. The van der Waals surface area contributed by atoms with E-state index in [1.807, 2.05) is 6.07 Å². The Balaban J connectivity index is 2.21. The molecule has 0 aliphatic carbocycles. The minimum absolute atomic E-state index is 0.862. The second kappa shape index (κ2) is 8.20. The summed E-state index contributed by atoms with van der Waals surface area (Å²) in [5.41, 5.74) is 1.32. The first-order chi connectivity index (χ1) is 7.88. The third kappa shape index (κ3) is 4.69. The van der Waals surface area contributed by atoms with Gasteiger partial charge in [0.15, 0.2) is 0 Å². The van der Waals surface area contributed by atoms with Crippen molar-refractivity contribution in [1.82, 2.24) is 0 Å². The molecule has 0 amide bonds. The molecule has 0 radical (unpaired) electrons. The summed E-state index contributed by atoms with van der Waals surface area (Å²) in [5, 5.41) is 0. The van der Waals surface area contributed by atoms with Crippen LogP contribution in [0, 0.1) is 0 Å². The van der Waals surface area contributed by atoms with Crippen molar-refractivity contribution >= 4 is 0 Å². The fourth-order valence-corrected chi connectivity index (χ4v) is 1.82. The van der Waals surface area contributed by atoms with E-state index in [0.29, 0.717) is 0 Å². The second-order valence-corrected chi connectivity index (χ2v) is 4.22. The Morgan fingerprint density at radius 2 is 1.69 bits per heavy atom. The van der Waals surface area contributed by atoms with E-state index >= 15 is 0 Å². The van der Waals surface area contributed by atoms with Crippen molar-refractivity contribution in [2.75, 3.05) is 6.61 Å². The second-order valence-electron chi connectivity index (χ2n) is 4.22. The molecule has 1 aromatic carbocycles. The van der Waals surface area contributed by atoms with Crippen molar-refractivity contribution in [2.45, 2.75) is 52.4 Å². The Hall–Kier alpha value is -0.980. The molecule has 16 heavy (non-hydrogen) atoms. The fourth-order valence-electron chi connectivity index (χ4n) is 1.82. The molecule has 0 saturated carbocycles. The van der Waals surface area contributed by atoms with Gasteiger partial charge in [-0.2, -0.15) is 0 Å². The maximum atomic E-state index is 5.81. The Morgan fingerprint density at radius 1 is 0.938 bits per heavy atom. The number of hydrogen-bond acceptors (Lipinski definition) is 1. The first-order valence-corrected chi connectivity index (χ1v) is 6.59. The van der Waals surface area contributed by atoms with Crippen LogP contribution in [-0.4, -0.2) is 6.61 Å². The summed E-state index contributed by atoms with van der Waals surface area (Å²) in [5.74, 6) is 1.07. The van der Waals surface area contributed by atoms with Gasteiger partial charge in [0.2, 0.25) is 0 Å². The average molecular weight is 220 g/mol. The lowest BCUT2D eigenvalue weighted by molar-refractivity contribution is 0.302. The normalized spacial score (nSPS) is 10.4. The predicted molar refractivity (Wildman–Crippen MR) is 70.1 cm³/mol. The average Bonchev–Trinajstić information content (AvgIpc) is 2.34. The number of rotatable bonds is 8. The van der Waals surface area contributed by atoms with Gasteiger partial charge in [-0.15, -0.1) is 0 Å². The number of hydrogen-bond donors (Lipinski definition) is 0. The van der Waals surface area contributed by atoms with Crippen molar-refractivity contribution in [1.29, 1.82) is 0 Å². The Kier molecular flexibility index (Phi) is 6.71. The van der Waals surface area contributed by atoms with Gasteiger partial charge in [0.1, 0.15) is 5.75 Å². The lowest BCUT2D eigenvalue weighted by atomic mass is 10.1. The molecule has 0 N–H and O–H groups in total. The molecular weight excluding hydrogens is 196 g/mol. The van der Waals surface area contributed by atoms with Crippen LogP contribution < -0.4 is 4.74 Å². The highest BCUT2D eigenvalue weighted by molar-refractivity contribution is 5.33. The van der Waals surface area contributed by atoms with E-state index in [4.69, 9.17) is 4.74 Å². The number of aryl methyl sites for hydroxylation is 1. The number of unbranched alkanes of at least 4 members (excludes halogenated alkanes) is 4. The summed E-state index contributed by atoms with van der Waals surface area (Å²) >= 11 is 0.